The molecular weight excluding hydrogens is 258 g/mol. The van der Waals surface area contributed by atoms with Crippen molar-refractivity contribution in [2.24, 2.45) is 5.73 Å². The molecular formula is C10H14BrN3O. The van der Waals surface area contributed by atoms with Gasteiger partial charge in [-0.3, -0.25) is 4.79 Å². The molecule has 5 heteroatoms. The molecule has 4 N–H and O–H groups in total. The monoisotopic (exact) mass is 271 g/mol. The number of anilines is 1. The maximum absolute atomic E-state index is 11.3. The van der Waals surface area contributed by atoms with Crippen LogP contribution in [0, 0.1) is 0 Å². The fourth-order valence-electron chi connectivity index (χ4n) is 1.04. The van der Waals surface area contributed by atoms with Gasteiger partial charge in [-0.1, -0.05) is 15.9 Å². The molecule has 0 fully saturated rings. The minimum atomic E-state index is -0.0641. The van der Waals surface area contributed by atoms with Crippen LogP contribution < -0.4 is 16.4 Å². The molecule has 1 aromatic carbocycles. The molecule has 1 aromatic rings. The number of halogens is 1. The molecule has 0 aliphatic heterocycles. The lowest BCUT2D eigenvalue weighted by atomic mass is 10.3. The first-order valence-electron chi connectivity index (χ1n) is 4.68. The van der Waals surface area contributed by atoms with Crippen LogP contribution in [0.4, 0.5) is 5.69 Å². The van der Waals surface area contributed by atoms with E-state index in [-0.39, 0.29) is 12.5 Å². The Morgan fingerprint density at radius 1 is 1.33 bits per heavy atom. The molecule has 1 rings (SSSR count). The number of nitrogens with one attached hydrogen (secondary N) is 2. The van der Waals surface area contributed by atoms with Gasteiger partial charge < -0.3 is 16.4 Å². The van der Waals surface area contributed by atoms with Crippen molar-refractivity contribution in [1.29, 1.82) is 0 Å². The molecule has 0 aliphatic rings. The predicted octanol–water partition coefficient (Wildman–Crippen LogP) is 0.936. The zero-order valence-corrected chi connectivity index (χ0v) is 9.88. The zero-order chi connectivity index (χ0) is 11.1. The van der Waals surface area contributed by atoms with Crippen molar-refractivity contribution < 1.29 is 4.79 Å². The fourth-order valence-corrected chi connectivity index (χ4v) is 1.31. The Morgan fingerprint density at radius 3 is 2.60 bits per heavy atom. The normalized spacial score (nSPS) is 10.0. The first-order chi connectivity index (χ1) is 7.22. The van der Waals surface area contributed by atoms with Crippen LogP contribution in [0.3, 0.4) is 0 Å². The van der Waals surface area contributed by atoms with Gasteiger partial charge in [-0.05, 0) is 24.3 Å². The summed E-state index contributed by atoms with van der Waals surface area (Å²) in [6, 6.07) is 7.43. The maximum atomic E-state index is 11.3. The van der Waals surface area contributed by atoms with Gasteiger partial charge in [-0.25, -0.2) is 0 Å². The summed E-state index contributed by atoms with van der Waals surface area (Å²) < 4.78 is 0.988. The number of hydrogen-bond acceptors (Lipinski definition) is 3. The Balaban J connectivity index is 2.34. The Hall–Kier alpha value is -0.910. The maximum Gasteiger partial charge on any atom is 0.238 e. The number of carbonyl (C=O) groups excluding carboxylic acids is 1. The summed E-state index contributed by atoms with van der Waals surface area (Å²) in [4.78, 5) is 11.3. The summed E-state index contributed by atoms with van der Waals surface area (Å²) in [6.45, 7) is 1.46. The van der Waals surface area contributed by atoms with Gasteiger partial charge in [0, 0.05) is 23.2 Å². The molecule has 1 amide bonds. The number of carbonyl (C=O) groups is 1. The van der Waals surface area contributed by atoms with E-state index in [0.29, 0.717) is 13.1 Å². The van der Waals surface area contributed by atoms with E-state index < -0.39 is 0 Å². The molecule has 0 saturated carbocycles. The van der Waals surface area contributed by atoms with Gasteiger partial charge in [-0.2, -0.15) is 0 Å². The molecule has 4 nitrogen and oxygen atoms in total. The first kappa shape index (κ1) is 12.2. The molecule has 0 saturated heterocycles. The van der Waals surface area contributed by atoms with Crippen LogP contribution in [-0.2, 0) is 4.79 Å². The highest BCUT2D eigenvalue weighted by Gasteiger charge is 2.00. The van der Waals surface area contributed by atoms with Gasteiger partial charge in [0.1, 0.15) is 0 Å². The van der Waals surface area contributed by atoms with Crippen LogP contribution in [0.25, 0.3) is 0 Å². The number of amides is 1. The first-order valence-corrected chi connectivity index (χ1v) is 5.48. The van der Waals surface area contributed by atoms with Crippen molar-refractivity contribution in [2.75, 3.05) is 25.0 Å². The van der Waals surface area contributed by atoms with Crippen LogP contribution in [0.1, 0.15) is 0 Å². The standard InChI is InChI=1S/C10H14BrN3O/c11-8-1-3-9(4-2-8)14-10(15)7-13-6-5-12/h1-4,13H,5-7,12H2,(H,14,15). The molecule has 15 heavy (non-hydrogen) atoms. The van der Waals surface area contributed by atoms with E-state index in [1.165, 1.54) is 0 Å². The molecule has 0 heterocycles. The summed E-state index contributed by atoms with van der Waals surface area (Å²) in [5.41, 5.74) is 6.07. The topological polar surface area (TPSA) is 67.1 Å². The quantitative estimate of drug-likeness (QED) is 0.699. The van der Waals surface area contributed by atoms with Gasteiger partial charge in [0.25, 0.3) is 0 Å². The Kier molecular flexibility index (Phi) is 5.31. The van der Waals surface area contributed by atoms with Gasteiger partial charge in [0.15, 0.2) is 0 Å². The van der Waals surface area contributed by atoms with Gasteiger partial charge in [0.2, 0.25) is 5.91 Å². The molecule has 0 atom stereocenters. The molecule has 0 spiro atoms. The third-order valence-corrected chi connectivity index (χ3v) is 2.26. The predicted molar refractivity (Wildman–Crippen MR) is 64.7 cm³/mol. The summed E-state index contributed by atoms with van der Waals surface area (Å²) >= 11 is 3.32. The van der Waals surface area contributed by atoms with Crippen LogP contribution >= 0.6 is 15.9 Å². The second kappa shape index (κ2) is 6.55. The van der Waals surface area contributed by atoms with Crippen molar-refractivity contribution in [2.45, 2.75) is 0 Å². The average molecular weight is 272 g/mol. The summed E-state index contributed by atoms with van der Waals surface area (Å²) in [7, 11) is 0. The van der Waals surface area contributed by atoms with E-state index in [4.69, 9.17) is 5.73 Å². The second-order valence-electron chi connectivity index (χ2n) is 3.02. The summed E-state index contributed by atoms with van der Waals surface area (Å²) in [5.74, 6) is -0.0641. The minimum Gasteiger partial charge on any atom is -0.329 e. The van der Waals surface area contributed by atoms with E-state index in [2.05, 4.69) is 26.6 Å². The van der Waals surface area contributed by atoms with E-state index in [9.17, 15) is 4.79 Å². The number of rotatable bonds is 5. The fraction of sp³-hybridized carbons (Fsp3) is 0.300. The molecule has 82 valence electrons. The Morgan fingerprint density at radius 2 is 2.00 bits per heavy atom. The van der Waals surface area contributed by atoms with Crippen molar-refractivity contribution in [3.63, 3.8) is 0 Å². The van der Waals surface area contributed by atoms with E-state index in [0.717, 1.165) is 10.2 Å². The lowest BCUT2D eigenvalue weighted by Crippen LogP contribution is -2.31. The highest BCUT2D eigenvalue weighted by Crippen LogP contribution is 2.13. The van der Waals surface area contributed by atoms with Crippen LogP contribution in [0.5, 0.6) is 0 Å². The molecule has 0 unspecified atom stereocenters. The summed E-state index contributed by atoms with van der Waals surface area (Å²) in [5, 5.41) is 5.69. The van der Waals surface area contributed by atoms with Gasteiger partial charge >= 0.3 is 0 Å². The third-order valence-electron chi connectivity index (χ3n) is 1.73. The smallest absolute Gasteiger partial charge is 0.238 e. The van der Waals surface area contributed by atoms with E-state index >= 15 is 0 Å². The Bertz CT molecular complexity index is 313. The molecule has 0 radical (unpaired) electrons. The number of nitrogens with two attached hydrogens (primary N) is 1. The van der Waals surface area contributed by atoms with E-state index in [1.807, 2.05) is 24.3 Å². The van der Waals surface area contributed by atoms with Crippen molar-refractivity contribution in [1.82, 2.24) is 5.32 Å². The van der Waals surface area contributed by atoms with Gasteiger partial charge in [-0.15, -0.1) is 0 Å². The summed E-state index contributed by atoms with van der Waals surface area (Å²) in [6.07, 6.45) is 0. The van der Waals surface area contributed by atoms with Crippen LogP contribution in [0.15, 0.2) is 28.7 Å². The van der Waals surface area contributed by atoms with Crippen molar-refractivity contribution >= 4 is 27.5 Å². The highest BCUT2D eigenvalue weighted by atomic mass is 79.9. The average Bonchev–Trinajstić information content (AvgIpc) is 2.22. The third kappa shape index (κ3) is 4.92. The zero-order valence-electron chi connectivity index (χ0n) is 8.29. The Labute approximate surface area is 97.4 Å². The number of hydrogen-bond donors (Lipinski definition) is 3. The molecule has 0 bridgehead atoms. The lowest BCUT2D eigenvalue weighted by molar-refractivity contribution is -0.115. The minimum absolute atomic E-state index is 0.0641. The van der Waals surface area contributed by atoms with Crippen LogP contribution in [-0.4, -0.2) is 25.5 Å². The SMILES string of the molecule is NCCNCC(=O)Nc1ccc(Br)cc1. The molecule has 0 aliphatic carbocycles. The van der Waals surface area contributed by atoms with Gasteiger partial charge in [0.05, 0.1) is 6.54 Å². The van der Waals surface area contributed by atoms with Crippen molar-refractivity contribution in [3.8, 4) is 0 Å². The highest BCUT2D eigenvalue weighted by molar-refractivity contribution is 9.10. The second-order valence-corrected chi connectivity index (χ2v) is 3.94. The van der Waals surface area contributed by atoms with Crippen LogP contribution in [0.2, 0.25) is 0 Å². The van der Waals surface area contributed by atoms with Crippen molar-refractivity contribution in [3.05, 3.63) is 28.7 Å². The lowest BCUT2D eigenvalue weighted by Gasteiger charge is -2.05. The van der Waals surface area contributed by atoms with E-state index in [1.54, 1.807) is 0 Å². The molecule has 0 aromatic heterocycles. The number of benzene rings is 1. The largest absolute Gasteiger partial charge is 0.329 e.